The lowest BCUT2D eigenvalue weighted by molar-refractivity contribution is -0.385. The second kappa shape index (κ2) is 5.49. The van der Waals surface area contributed by atoms with Crippen LogP contribution in [0.15, 0.2) is 18.2 Å². The number of nitro groups is 1. The number of carbonyl (C=O) groups is 2. The zero-order chi connectivity index (χ0) is 14.9. The number of rotatable bonds is 3. The van der Waals surface area contributed by atoms with Crippen LogP contribution in [0.1, 0.15) is 15.9 Å². The van der Waals surface area contributed by atoms with Crippen LogP contribution in [0.3, 0.4) is 0 Å². The first-order valence-electron chi connectivity index (χ1n) is 5.79. The molecule has 1 atom stereocenters. The van der Waals surface area contributed by atoms with Crippen molar-refractivity contribution in [1.29, 1.82) is 0 Å². The molecule has 7 nitrogen and oxygen atoms in total. The fraction of sp³-hybridized carbons (Fsp3) is 0.333. The number of thioether (sulfide) groups is 1. The minimum atomic E-state index is -1.10. The molecule has 1 aromatic rings. The summed E-state index contributed by atoms with van der Waals surface area (Å²) in [4.78, 5) is 35.1. The van der Waals surface area contributed by atoms with E-state index in [1.54, 1.807) is 13.0 Å². The Bertz CT molecular complexity index is 589. The number of aryl methyl sites for hydroxylation is 1. The molecule has 0 spiro atoms. The summed E-state index contributed by atoms with van der Waals surface area (Å²) in [7, 11) is 0. The zero-order valence-electron chi connectivity index (χ0n) is 10.6. The summed E-state index contributed by atoms with van der Waals surface area (Å²) in [5.74, 6) is -1.19. The summed E-state index contributed by atoms with van der Waals surface area (Å²) in [5, 5.41) is 20.1. The van der Waals surface area contributed by atoms with E-state index in [1.807, 2.05) is 0 Å². The standard InChI is InChI=1S/C12H12N2O5S/c1-7-3-2-4-8(14(18)19)10(7)11(15)13-6-20-5-9(13)12(16)17/h2-4,9H,5-6H2,1H3,(H,16,17). The number of nitrogens with zero attached hydrogens (tertiary/aromatic N) is 2. The molecule has 1 fully saturated rings. The van der Waals surface area contributed by atoms with Gasteiger partial charge < -0.3 is 10.0 Å². The SMILES string of the molecule is Cc1cccc([N+](=O)[O-])c1C(=O)N1CSCC1C(=O)O. The van der Waals surface area contributed by atoms with Gasteiger partial charge in [0.2, 0.25) is 0 Å². The van der Waals surface area contributed by atoms with E-state index >= 15 is 0 Å². The Morgan fingerprint density at radius 3 is 2.80 bits per heavy atom. The summed E-state index contributed by atoms with van der Waals surface area (Å²) >= 11 is 1.32. The van der Waals surface area contributed by atoms with Crippen molar-refractivity contribution in [1.82, 2.24) is 4.90 Å². The third-order valence-corrected chi connectivity index (χ3v) is 4.10. The van der Waals surface area contributed by atoms with Gasteiger partial charge in [-0.25, -0.2) is 4.79 Å². The molecule has 1 saturated heterocycles. The fourth-order valence-corrected chi connectivity index (χ4v) is 3.22. The molecule has 1 aromatic carbocycles. The van der Waals surface area contributed by atoms with Gasteiger partial charge in [-0.2, -0.15) is 0 Å². The molecular weight excluding hydrogens is 284 g/mol. The van der Waals surface area contributed by atoms with Crippen LogP contribution >= 0.6 is 11.8 Å². The Balaban J connectivity index is 2.44. The maximum absolute atomic E-state index is 12.5. The topological polar surface area (TPSA) is 101 Å². The van der Waals surface area contributed by atoms with Crippen molar-refractivity contribution in [3.63, 3.8) is 0 Å². The van der Waals surface area contributed by atoms with Crippen molar-refractivity contribution in [2.75, 3.05) is 11.6 Å². The highest BCUT2D eigenvalue weighted by Gasteiger charge is 2.37. The van der Waals surface area contributed by atoms with Crippen LogP contribution in [-0.4, -0.2) is 44.5 Å². The number of nitro benzene ring substituents is 1. The molecule has 1 N–H and O–H groups in total. The van der Waals surface area contributed by atoms with Crippen LogP contribution in [0, 0.1) is 17.0 Å². The van der Waals surface area contributed by atoms with E-state index in [-0.39, 0.29) is 17.1 Å². The van der Waals surface area contributed by atoms with E-state index in [1.165, 1.54) is 28.8 Å². The van der Waals surface area contributed by atoms with Gasteiger partial charge in [-0.15, -0.1) is 11.8 Å². The van der Waals surface area contributed by atoms with Crippen molar-refractivity contribution < 1.29 is 19.6 Å². The highest BCUT2D eigenvalue weighted by molar-refractivity contribution is 7.99. The Hall–Kier alpha value is -2.09. The van der Waals surface area contributed by atoms with Gasteiger partial charge in [0.05, 0.1) is 10.8 Å². The van der Waals surface area contributed by atoms with Crippen molar-refractivity contribution in [2.24, 2.45) is 0 Å². The molecule has 0 aromatic heterocycles. The molecule has 1 amide bonds. The second-order valence-electron chi connectivity index (χ2n) is 4.36. The molecule has 8 heteroatoms. The molecule has 0 radical (unpaired) electrons. The maximum Gasteiger partial charge on any atom is 0.327 e. The molecule has 2 rings (SSSR count). The molecule has 0 saturated carbocycles. The Labute approximate surface area is 118 Å². The van der Waals surface area contributed by atoms with Crippen LogP contribution < -0.4 is 0 Å². The number of aliphatic carboxylic acids is 1. The van der Waals surface area contributed by atoms with Gasteiger partial charge in [0.1, 0.15) is 11.6 Å². The number of carboxylic acids is 1. The van der Waals surface area contributed by atoms with Crippen molar-refractivity contribution in [3.05, 3.63) is 39.4 Å². The largest absolute Gasteiger partial charge is 0.480 e. The van der Waals surface area contributed by atoms with E-state index in [0.29, 0.717) is 11.3 Å². The van der Waals surface area contributed by atoms with E-state index in [2.05, 4.69) is 0 Å². The summed E-state index contributed by atoms with van der Waals surface area (Å²) < 4.78 is 0. The molecule has 20 heavy (non-hydrogen) atoms. The minimum absolute atomic E-state index is 0.0359. The molecule has 1 aliphatic rings. The van der Waals surface area contributed by atoms with Crippen LogP contribution in [-0.2, 0) is 4.79 Å². The van der Waals surface area contributed by atoms with Gasteiger partial charge in [-0.1, -0.05) is 12.1 Å². The Morgan fingerprint density at radius 2 is 2.20 bits per heavy atom. The van der Waals surface area contributed by atoms with Crippen LogP contribution in [0.2, 0.25) is 0 Å². The number of hydrogen-bond donors (Lipinski definition) is 1. The molecule has 1 unspecified atom stereocenters. The van der Waals surface area contributed by atoms with Crippen LogP contribution in [0.4, 0.5) is 5.69 Å². The maximum atomic E-state index is 12.5. The average Bonchev–Trinajstić information content (AvgIpc) is 2.86. The molecular formula is C12H12N2O5S. The first-order chi connectivity index (χ1) is 9.43. The summed E-state index contributed by atoms with van der Waals surface area (Å²) in [6, 6.07) is 3.41. The third kappa shape index (κ3) is 2.46. The number of benzene rings is 1. The zero-order valence-corrected chi connectivity index (χ0v) is 11.4. The lowest BCUT2D eigenvalue weighted by Gasteiger charge is -2.21. The quantitative estimate of drug-likeness (QED) is 0.670. The highest BCUT2D eigenvalue weighted by atomic mass is 32.2. The predicted octanol–water partition coefficient (Wildman–Crippen LogP) is 1.50. The summed E-state index contributed by atoms with van der Waals surface area (Å²) in [6.45, 7) is 1.60. The summed E-state index contributed by atoms with van der Waals surface area (Å²) in [6.07, 6.45) is 0. The highest BCUT2D eigenvalue weighted by Crippen LogP contribution is 2.28. The van der Waals surface area contributed by atoms with Crippen molar-refractivity contribution in [2.45, 2.75) is 13.0 Å². The molecule has 106 valence electrons. The third-order valence-electron chi connectivity index (χ3n) is 3.09. The monoisotopic (exact) mass is 296 g/mol. The molecule has 1 aliphatic heterocycles. The van der Waals surface area contributed by atoms with Gasteiger partial charge in [0.25, 0.3) is 11.6 Å². The van der Waals surface area contributed by atoms with E-state index < -0.39 is 22.8 Å². The normalized spacial score (nSPS) is 18.1. The predicted molar refractivity (Wildman–Crippen MR) is 72.8 cm³/mol. The van der Waals surface area contributed by atoms with Gasteiger partial charge in [-0.05, 0) is 12.5 Å². The van der Waals surface area contributed by atoms with Crippen LogP contribution in [0.25, 0.3) is 0 Å². The lowest BCUT2D eigenvalue weighted by Crippen LogP contribution is -2.42. The second-order valence-corrected chi connectivity index (χ2v) is 5.35. The smallest absolute Gasteiger partial charge is 0.327 e. The summed E-state index contributed by atoms with van der Waals surface area (Å²) in [5.41, 5.74) is 0.132. The van der Waals surface area contributed by atoms with Crippen LogP contribution in [0.5, 0.6) is 0 Å². The average molecular weight is 296 g/mol. The lowest BCUT2D eigenvalue weighted by atomic mass is 10.0. The van der Waals surface area contributed by atoms with Crippen molar-refractivity contribution >= 4 is 29.3 Å². The Kier molecular flexibility index (Phi) is 3.93. The minimum Gasteiger partial charge on any atom is -0.480 e. The molecule has 0 aliphatic carbocycles. The van der Waals surface area contributed by atoms with Gasteiger partial charge in [0, 0.05) is 11.8 Å². The Morgan fingerprint density at radius 1 is 1.50 bits per heavy atom. The van der Waals surface area contributed by atoms with Gasteiger partial charge in [-0.3, -0.25) is 14.9 Å². The van der Waals surface area contributed by atoms with E-state index in [0.717, 1.165) is 0 Å². The van der Waals surface area contributed by atoms with E-state index in [9.17, 15) is 19.7 Å². The fourth-order valence-electron chi connectivity index (χ4n) is 2.07. The first kappa shape index (κ1) is 14.3. The number of carboxylic acid groups (broad SMARTS) is 1. The first-order valence-corrected chi connectivity index (χ1v) is 6.94. The van der Waals surface area contributed by atoms with Crippen molar-refractivity contribution in [3.8, 4) is 0 Å². The number of carbonyl (C=O) groups excluding carboxylic acids is 1. The molecule has 0 bridgehead atoms. The van der Waals surface area contributed by atoms with Gasteiger partial charge >= 0.3 is 5.97 Å². The van der Waals surface area contributed by atoms with E-state index in [4.69, 9.17) is 5.11 Å². The number of hydrogen-bond acceptors (Lipinski definition) is 5. The molecule has 1 heterocycles. The number of amides is 1. The van der Waals surface area contributed by atoms with Gasteiger partial charge in [0.15, 0.2) is 0 Å².